The SMILES string of the molecule is O=C1CCC[C@H](c2ccc([C@H]3CCCC(=O)C3)o2)C1. The van der Waals surface area contributed by atoms with Crippen LogP contribution in [0.15, 0.2) is 16.5 Å². The minimum Gasteiger partial charge on any atom is -0.465 e. The molecule has 0 radical (unpaired) electrons. The molecular formula is C16H20O3. The van der Waals surface area contributed by atoms with Crippen molar-refractivity contribution in [3.05, 3.63) is 23.7 Å². The maximum absolute atomic E-state index is 11.5. The zero-order valence-electron chi connectivity index (χ0n) is 11.2. The fraction of sp³-hybridized carbons (Fsp3) is 0.625. The van der Waals surface area contributed by atoms with E-state index >= 15 is 0 Å². The molecular weight excluding hydrogens is 240 g/mol. The van der Waals surface area contributed by atoms with E-state index in [-0.39, 0.29) is 11.8 Å². The second kappa shape index (κ2) is 5.32. The number of hydrogen-bond donors (Lipinski definition) is 0. The molecule has 2 saturated carbocycles. The molecule has 1 aromatic heterocycles. The van der Waals surface area contributed by atoms with E-state index in [1.165, 1.54) is 0 Å². The number of carbonyl (C=O) groups is 2. The summed E-state index contributed by atoms with van der Waals surface area (Å²) in [5.41, 5.74) is 0. The summed E-state index contributed by atoms with van der Waals surface area (Å²) in [7, 11) is 0. The monoisotopic (exact) mass is 260 g/mol. The van der Waals surface area contributed by atoms with E-state index in [4.69, 9.17) is 4.42 Å². The van der Waals surface area contributed by atoms with E-state index in [2.05, 4.69) is 0 Å². The molecule has 0 aliphatic heterocycles. The molecule has 3 nitrogen and oxygen atoms in total. The lowest BCUT2D eigenvalue weighted by molar-refractivity contribution is -0.121. The van der Waals surface area contributed by atoms with Gasteiger partial charge in [0.1, 0.15) is 23.1 Å². The lowest BCUT2D eigenvalue weighted by Gasteiger charge is -2.20. The van der Waals surface area contributed by atoms with Crippen molar-refractivity contribution in [2.24, 2.45) is 0 Å². The highest BCUT2D eigenvalue weighted by Gasteiger charge is 2.27. The Morgan fingerprint density at radius 2 is 1.32 bits per heavy atom. The van der Waals surface area contributed by atoms with Crippen LogP contribution < -0.4 is 0 Å². The number of ketones is 2. The summed E-state index contributed by atoms with van der Waals surface area (Å²) >= 11 is 0. The first-order valence-electron chi connectivity index (χ1n) is 7.35. The lowest BCUT2D eigenvalue weighted by atomic mass is 9.86. The average Bonchev–Trinajstić information content (AvgIpc) is 2.88. The van der Waals surface area contributed by atoms with Crippen LogP contribution in [0, 0.1) is 0 Å². The third kappa shape index (κ3) is 2.80. The van der Waals surface area contributed by atoms with Crippen molar-refractivity contribution in [3.63, 3.8) is 0 Å². The van der Waals surface area contributed by atoms with Crippen LogP contribution in [0.25, 0.3) is 0 Å². The molecule has 102 valence electrons. The van der Waals surface area contributed by atoms with Crippen LogP contribution in [0.4, 0.5) is 0 Å². The molecule has 2 atom stereocenters. The van der Waals surface area contributed by atoms with E-state index < -0.39 is 0 Å². The number of furan rings is 1. The van der Waals surface area contributed by atoms with Gasteiger partial charge in [-0.1, -0.05) is 0 Å². The minimum absolute atomic E-state index is 0.259. The fourth-order valence-corrected chi connectivity index (χ4v) is 3.34. The molecule has 0 N–H and O–H groups in total. The Labute approximate surface area is 113 Å². The summed E-state index contributed by atoms with van der Waals surface area (Å²) in [6.07, 6.45) is 6.73. The Balaban J connectivity index is 1.71. The Morgan fingerprint density at radius 1 is 0.842 bits per heavy atom. The van der Waals surface area contributed by atoms with Gasteiger partial charge in [-0.3, -0.25) is 9.59 Å². The van der Waals surface area contributed by atoms with Gasteiger partial charge in [0.25, 0.3) is 0 Å². The zero-order chi connectivity index (χ0) is 13.2. The molecule has 1 heterocycles. The van der Waals surface area contributed by atoms with Gasteiger partial charge in [0.2, 0.25) is 0 Å². The van der Waals surface area contributed by atoms with Crippen molar-refractivity contribution < 1.29 is 14.0 Å². The fourth-order valence-electron chi connectivity index (χ4n) is 3.34. The van der Waals surface area contributed by atoms with Crippen molar-refractivity contribution in [1.29, 1.82) is 0 Å². The molecule has 19 heavy (non-hydrogen) atoms. The van der Waals surface area contributed by atoms with Crippen LogP contribution in [-0.2, 0) is 9.59 Å². The second-order valence-corrected chi connectivity index (χ2v) is 5.90. The van der Waals surface area contributed by atoms with Crippen LogP contribution >= 0.6 is 0 Å². The molecule has 2 aliphatic carbocycles. The summed E-state index contributed by atoms with van der Waals surface area (Å²) in [6, 6.07) is 4.02. The van der Waals surface area contributed by atoms with Crippen LogP contribution in [0.3, 0.4) is 0 Å². The van der Waals surface area contributed by atoms with Crippen LogP contribution in [-0.4, -0.2) is 11.6 Å². The summed E-state index contributed by atoms with van der Waals surface area (Å²) < 4.78 is 5.95. The summed E-state index contributed by atoms with van der Waals surface area (Å²) in [4.78, 5) is 23.0. The highest BCUT2D eigenvalue weighted by molar-refractivity contribution is 5.80. The second-order valence-electron chi connectivity index (χ2n) is 5.90. The molecule has 0 unspecified atom stereocenters. The minimum atomic E-state index is 0.259. The molecule has 0 bridgehead atoms. The van der Waals surface area contributed by atoms with E-state index in [1.54, 1.807) is 0 Å². The summed E-state index contributed by atoms with van der Waals surface area (Å²) in [5.74, 6) is 3.11. The molecule has 0 saturated heterocycles. The molecule has 0 spiro atoms. The van der Waals surface area contributed by atoms with E-state index in [0.29, 0.717) is 24.4 Å². The normalized spacial score (nSPS) is 28.6. The van der Waals surface area contributed by atoms with Crippen LogP contribution in [0.5, 0.6) is 0 Å². The van der Waals surface area contributed by atoms with Gasteiger partial charge in [0.05, 0.1) is 0 Å². The first kappa shape index (κ1) is 12.6. The van der Waals surface area contributed by atoms with Gasteiger partial charge in [0.15, 0.2) is 0 Å². The summed E-state index contributed by atoms with van der Waals surface area (Å²) in [5, 5.41) is 0. The number of rotatable bonds is 2. The van der Waals surface area contributed by atoms with Crippen LogP contribution in [0.2, 0.25) is 0 Å². The Bertz CT molecular complexity index is 443. The Morgan fingerprint density at radius 3 is 1.74 bits per heavy atom. The van der Waals surface area contributed by atoms with Crippen LogP contribution in [0.1, 0.15) is 74.7 Å². The molecule has 2 fully saturated rings. The quantitative estimate of drug-likeness (QED) is 0.814. The molecule has 3 heteroatoms. The zero-order valence-corrected chi connectivity index (χ0v) is 11.2. The molecule has 1 aromatic rings. The molecule has 3 rings (SSSR count). The number of Topliss-reactive ketones (excluding diaryl/α,β-unsaturated/α-hetero) is 2. The smallest absolute Gasteiger partial charge is 0.133 e. The standard InChI is InChI=1S/C16H20O3/c17-13-5-1-3-11(9-13)15-7-8-16(19-15)12-4-2-6-14(18)10-12/h7-8,11-12H,1-6,9-10H2/t11-,12-/m0/s1. The first-order chi connectivity index (χ1) is 9.22. The topological polar surface area (TPSA) is 47.3 Å². The van der Waals surface area contributed by atoms with Gasteiger partial charge in [-0.15, -0.1) is 0 Å². The third-order valence-corrected chi connectivity index (χ3v) is 4.42. The molecule has 2 aliphatic rings. The highest BCUT2D eigenvalue weighted by atomic mass is 16.3. The van der Waals surface area contributed by atoms with Crippen molar-refractivity contribution in [3.8, 4) is 0 Å². The molecule has 0 amide bonds. The highest BCUT2D eigenvalue weighted by Crippen LogP contribution is 2.36. The number of carbonyl (C=O) groups excluding carboxylic acids is 2. The molecule has 0 aromatic carbocycles. The average molecular weight is 260 g/mol. The van der Waals surface area contributed by atoms with Gasteiger partial charge >= 0.3 is 0 Å². The Hall–Kier alpha value is -1.38. The maximum Gasteiger partial charge on any atom is 0.133 e. The van der Waals surface area contributed by atoms with Gasteiger partial charge < -0.3 is 4.42 Å². The lowest BCUT2D eigenvalue weighted by Crippen LogP contribution is -2.13. The van der Waals surface area contributed by atoms with Crippen molar-refractivity contribution in [2.45, 2.75) is 63.2 Å². The largest absolute Gasteiger partial charge is 0.465 e. The predicted molar refractivity (Wildman–Crippen MR) is 71.1 cm³/mol. The maximum atomic E-state index is 11.5. The van der Waals surface area contributed by atoms with Gasteiger partial charge in [-0.25, -0.2) is 0 Å². The first-order valence-corrected chi connectivity index (χ1v) is 7.35. The Kier molecular flexibility index (Phi) is 3.54. The van der Waals surface area contributed by atoms with Gasteiger partial charge in [-0.2, -0.15) is 0 Å². The van der Waals surface area contributed by atoms with Gasteiger partial charge in [0, 0.05) is 37.5 Å². The number of hydrogen-bond acceptors (Lipinski definition) is 3. The van der Waals surface area contributed by atoms with Crippen molar-refractivity contribution >= 4 is 11.6 Å². The van der Waals surface area contributed by atoms with Crippen molar-refractivity contribution in [2.75, 3.05) is 0 Å². The van der Waals surface area contributed by atoms with E-state index in [0.717, 1.165) is 50.0 Å². The van der Waals surface area contributed by atoms with Crippen molar-refractivity contribution in [1.82, 2.24) is 0 Å². The predicted octanol–water partition coefficient (Wildman–Crippen LogP) is 3.73. The van der Waals surface area contributed by atoms with E-state index in [1.807, 2.05) is 12.1 Å². The van der Waals surface area contributed by atoms with Gasteiger partial charge in [-0.05, 0) is 37.8 Å². The summed E-state index contributed by atoms with van der Waals surface area (Å²) in [6.45, 7) is 0. The van der Waals surface area contributed by atoms with E-state index in [9.17, 15) is 9.59 Å². The third-order valence-electron chi connectivity index (χ3n) is 4.42.